The largest absolute Gasteiger partial charge is 0.480 e. The predicted octanol–water partition coefficient (Wildman–Crippen LogP) is -1.47. The van der Waals surface area contributed by atoms with Gasteiger partial charge in [-0.15, -0.1) is 0 Å². The van der Waals surface area contributed by atoms with Crippen LogP contribution < -0.4 is 10.6 Å². The molecule has 0 aromatic carbocycles. The fourth-order valence-electron chi connectivity index (χ4n) is 1.77. The van der Waals surface area contributed by atoms with Gasteiger partial charge in [-0.05, 0) is 6.54 Å². The van der Waals surface area contributed by atoms with Crippen LogP contribution in [0.1, 0.15) is 6.92 Å². The number of piperazine rings is 1. The van der Waals surface area contributed by atoms with Crippen LogP contribution in [0.25, 0.3) is 0 Å². The minimum absolute atomic E-state index is 0.208. The fourth-order valence-corrected chi connectivity index (χ4v) is 1.77. The van der Waals surface area contributed by atoms with Crippen molar-refractivity contribution in [3.8, 4) is 0 Å². The second-order valence-corrected chi connectivity index (χ2v) is 4.25. The van der Waals surface area contributed by atoms with Crippen LogP contribution in [0.2, 0.25) is 0 Å². The van der Waals surface area contributed by atoms with E-state index in [1.54, 1.807) is 4.90 Å². The zero-order chi connectivity index (χ0) is 14.3. The Morgan fingerprint density at radius 2 is 1.68 bits per heavy atom. The topological polar surface area (TPSA) is 102 Å². The highest BCUT2D eigenvalue weighted by Gasteiger charge is 2.20. The third-order valence-corrected chi connectivity index (χ3v) is 2.94. The number of amides is 3. The summed E-state index contributed by atoms with van der Waals surface area (Å²) >= 11 is 0. The van der Waals surface area contributed by atoms with Crippen molar-refractivity contribution in [2.45, 2.75) is 6.92 Å². The first kappa shape index (κ1) is 15.2. The number of aliphatic carboxylic acids is 1. The zero-order valence-corrected chi connectivity index (χ0v) is 11.0. The molecule has 0 saturated carbocycles. The molecule has 1 saturated heterocycles. The number of carbonyl (C=O) groups excluding carboxylic acids is 2. The summed E-state index contributed by atoms with van der Waals surface area (Å²) in [6, 6.07) is -0.291. The summed E-state index contributed by atoms with van der Waals surface area (Å²) < 4.78 is 0. The standard InChI is InChI=1S/C11H20N4O4/c1-2-14-3-5-15(6-4-14)11(19)13-7-9(16)12-8-10(17)18/h2-8H2,1H3,(H,12,16)(H,13,19)(H,17,18). The number of urea groups is 1. The minimum Gasteiger partial charge on any atom is -0.480 e. The predicted molar refractivity (Wildman–Crippen MR) is 67.7 cm³/mol. The van der Waals surface area contributed by atoms with Gasteiger partial charge in [-0.2, -0.15) is 0 Å². The van der Waals surface area contributed by atoms with Crippen molar-refractivity contribution in [2.24, 2.45) is 0 Å². The molecule has 19 heavy (non-hydrogen) atoms. The number of hydrogen-bond donors (Lipinski definition) is 3. The molecule has 8 heteroatoms. The van der Waals surface area contributed by atoms with E-state index in [1.807, 2.05) is 0 Å². The molecule has 3 amide bonds. The van der Waals surface area contributed by atoms with E-state index < -0.39 is 18.4 Å². The summed E-state index contributed by atoms with van der Waals surface area (Å²) in [5.74, 6) is -1.63. The van der Waals surface area contributed by atoms with Gasteiger partial charge in [0, 0.05) is 26.2 Å². The zero-order valence-electron chi connectivity index (χ0n) is 11.0. The summed E-state index contributed by atoms with van der Waals surface area (Å²) in [6.07, 6.45) is 0. The van der Waals surface area contributed by atoms with Crippen molar-refractivity contribution in [3.05, 3.63) is 0 Å². The molecule has 0 aliphatic carbocycles. The van der Waals surface area contributed by atoms with E-state index in [1.165, 1.54) is 0 Å². The SMILES string of the molecule is CCN1CCN(C(=O)NCC(=O)NCC(=O)O)CC1. The molecule has 0 atom stereocenters. The Bertz CT molecular complexity index is 340. The number of hydrogen-bond acceptors (Lipinski definition) is 4. The Kier molecular flexibility index (Phi) is 6.07. The van der Waals surface area contributed by atoms with Crippen molar-refractivity contribution in [1.82, 2.24) is 20.4 Å². The van der Waals surface area contributed by atoms with Gasteiger partial charge in [0.05, 0.1) is 6.54 Å². The van der Waals surface area contributed by atoms with E-state index in [2.05, 4.69) is 22.5 Å². The highest BCUT2D eigenvalue weighted by atomic mass is 16.4. The minimum atomic E-state index is -1.12. The average molecular weight is 272 g/mol. The molecular formula is C11H20N4O4. The second-order valence-electron chi connectivity index (χ2n) is 4.25. The fraction of sp³-hybridized carbons (Fsp3) is 0.727. The summed E-state index contributed by atoms with van der Waals surface area (Å²) in [4.78, 5) is 37.1. The average Bonchev–Trinajstić information content (AvgIpc) is 2.42. The Balaban J connectivity index is 2.21. The molecule has 0 spiro atoms. The van der Waals surface area contributed by atoms with Crippen LogP contribution in [-0.4, -0.2) is 78.6 Å². The van der Waals surface area contributed by atoms with Gasteiger partial charge in [0.25, 0.3) is 0 Å². The molecule has 1 aliphatic rings. The molecule has 1 aliphatic heterocycles. The molecule has 0 aromatic rings. The molecule has 0 bridgehead atoms. The number of rotatable bonds is 5. The Labute approximate surface area is 111 Å². The van der Waals surface area contributed by atoms with Crippen LogP contribution in [-0.2, 0) is 9.59 Å². The van der Waals surface area contributed by atoms with Crippen LogP contribution in [0, 0.1) is 0 Å². The monoisotopic (exact) mass is 272 g/mol. The first-order valence-corrected chi connectivity index (χ1v) is 6.26. The van der Waals surface area contributed by atoms with Crippen molar-refractivity contribution >= 4 is 17.9 Å². The number of nitrogens with zero attached hydrogens (tertiary/aromatic N) is 2. The van der Waals surface area contributed by atoms with E-state index in [4.69, 9.17) is 5.11 Å². The van der Waals surface area contributed by atoms with Gasteiger partial charge in [0.2, 0.25) is 5.91 Å². The lowest BCUT2D eigenvalue weighted by Gasteiger charge is -2.33. The smallest absolute Gasteiger partial charge is 0.322 e. The van der Waals surface area contributed by atoms with E-state index in [0.717, 1.165) is 19.6 Å². The summed E-state index contributed by atoms with van der Waals surface area (Å²) in [7, 11) is 0. The van der Waals surface area contributed by atoms with Crippen LogP contribution >= 0.6 is 0 Å². The van der Waals surface area contributed by atoms with Crippen molar-refractivity contribution in [2.75, 3.05) is 45.8 Å². The Hall–Kier alpha value is -1.83. The lowest BCUT2D eigenvalue weighted by atomic mass is 10.3. The molecular weight excluding hydrogens is 252 g/mol. The maximum absolute atomic E-state index is 11.7. The quantitative estimate of drug-likeness (QED) is 0.567. The summed E-state index contributed by atoms with van der Waals surface area (Å²) in [5.41, 5.74) is 0. The van der Waals surface area contributed by atoms with Crippen molar-refractivity contribution in [3.63, 3.8) is 0 Å². The lowest BCUT2D eigenvalue weighted by Crippen LogP contribution is -2.52. The van der Waals surface area contributed by atoms with E-state index in [0.29, 0.717) is 13.1 Å². The van der Waals surface area contributed by atoms with Gasteiger partial charge in [-0.3, -0.25) is 9.59 Å². The van der Waals surface area contributed by atoms with Gasteiger partial charge in [0.15, 0.2) is 0 Å². The number of likely N-dealkylation sites (N-methyl/N-ethyl adjacent to an activating group) is 1. The van der Waals surface area contributed by atoms with Crippen LogP contribution in [0.15, 0.2) is 0 Å². The molecule has 0 unspecified atom stereocenters. The molecule has 1 fully saturated rings. The normalized spacial score (nSPS) is 15.9. The molecule has 8 nitrogen and oxygen atoms in total. The second kappa shape index (κ2) is 7.57. The summed E-state index contributed by atoms with van der Waals surface area (Å²) in [6.45, 7) is 5.32. The van der Waals surface area contributed by atoms with Gasteiger partial charge in [0.1, 0.15) is 6.54 Å². The molecule has 0 aromatic heterocycles. The van der Waals surface area contributed by atoms with Crippen LogP contribution in [0.5, 0.6) is 0 Å². The molecule has 0 radical (unpaired) electrons. The number of carbonyl (C=O) groups is 3. The number of carboxylic acid groups (broad SMARTS) is 1. The molecule has 108 valence electrons. The van der Waals surface area contributed by atoms with Crippen LogP contribution in [0.3, 0.4) is 0 Å². The maximum atomic E-state index is 11.7. The highest BCUT2D eigenvalue weighted by molar-refractivity contribution is 5.86. The van der Waals surface area contributed by atoms with Crippen molar-refractivity contribution in [1.29, 1.82) is 0 Å². The van der Waals surface area contributed by atoms with Gasteiger partial charge < -0.3 is 25.5 Å². The third kappa shape index (κ3) is 5.56. The third-order valence-electron chi connectivity index (χ3n) is 2.94. The van der Waals surface area contributed by atoms with Crippen LogP contribution in [0.4, 0.5) is 4.79 Å². The van der Waals surface area contributed by atoms with E-state index in [9.17, 15) is 14.4 Å². The Morgan fingerprint density at radius 3 is 2.21 bits per heavy atom. The highest BCUT2D eigenvalue weighted by Crippen LogP contribution is 2.00. The number of nitrogens with one attached hydrogen (secondary N) is 2. The lowest BCUT2D eigenvalue weighted by molar-refractivity contribution is -0.137. The Morgan fingerprint density at radius 1 is 1.05 bits per heavy atom. The first-order valence-electron chi connectivity index (χ1n) is 6.26. The number of carboxylic acids is 1. The van der Waals surface area contributed by atoms with E-state index in [-0.39, 0.29) is 12.6 Å². The molecule has 3 N–H and O–H groups in total. The van der Waals surface area contributed by atoms with E-state index >= 15 is 0 Å². The first-order chi connectivity index (χ1) is 9.02. The maximum Gasteiger partial charge on any atom is 0.322 e. The van der Waals surface area contributed by atoms with Gasteiger partial charge in [-0.1, -0.05) is 6.92 Å². The van der Waals surface area contributed by atoms with Gasteiger partial charge >= 0.3 is 12.0 Å². The van der Waals surface area contributed by atoms with Gasteiger partial charge in [-0.25, -0.2) is 4.79 Å². The molecule has 1 rings (SSSR count). The summed E-state index contributed by atoms with van der Waals surface area (Å²) in [5, 5.41) is 13.0. The van der Waals surface area contributed by atoms with Crippen molar-refractivity contribution < 1.29 is 19.5 Å². The molecule has 1 heterocycles.